The molecule has 0 aliphatic heterocycles. The first-order chi connectivity index (χ1) is 5.04. The van der Waals surface area contributed by atoms with E-state index in [2.05, 4.69) is 4.74 Å². The summed E-state index contributed by atoms with van der Waals surface area (Å²) in [5.41, 5.74) is 4.98. The molecule has 3 N–H and O–H groups in total. The zero-order chi connectivity index (χ0) is 8.85. The van der Waals surface area contributed by atoms with Crippen molar-refractivity contribution in [1.29, 1.82) is 0 Å². The second-order valence-corrected chi connectivity index (χ2v) is 1.86. The molecule has 1 atom stereocenters. The molecule has 66 valence electrons. The van der Waals surface area contributed by atoms with Crippen LogP contribution in [0.1, 0.15) is 6.42 Å². The largest absolute Gasteiger partial charge is 0.480 e. The van der Waals surface area contributed by atoms with Crippen LogP contribution in [0.3, 0.4) is 0 Å². The zero-order valence-corrected chi connectivity index (χ0v) is 5.67. The molecular weight excluding hydrogens is 160 g/mol. The Hall–Kier alpha value is -0.750. The lowest BCUT2D eigenvalue weighted by atomic mass is 10.2. The second kappa shape index (κ2) is 4.97. The van der Waals surface area contributed by atoms with Gasteiger partial charge in [0.1, 0.15) is 6.04 Å². The Morgan fingerprint density at radius 2 is 2.18 bits per heavy atom. The molecule has 0 aliphatic rings. The van der Waals surface area contributed by atoms with E-state index in [0.29, 0.717) is 0 Å². The fourth-order valence-corrected chi connectivity index (χ4v) is 0.408. The van der Waals surface area contributed by atoms with Gasteiger partial charge in [0.15, 0.2) is 0 Å². The van der Waals surface area contributed by atoms with Gasteiger partial charge in [0.25, 0.3) is 0 Å². The molecule has 0 rings (SSSR count). The molecule has 1 unspecified atom stereocenters. The quantitative estimate of drug-likeness (QED) is 0.608. The van der Waals surface area contributed by atoms with Crippen molar-refractivity contribution in [1.82, 2.24) is 0 Å². The molecule has 11 heavy (non-hydrogen) atoms. The summed E-state index contributed by atoms with van der Waals surface area (Å²) < 4.78 is 26.3. The summed E-state index contributed by atoms with van der Waals surface area (Å²) >= 11 is 0. The molecule has 0 saturated heterocycles. The third-order valence-electron chi connectivity index (χ3n) is 0.990. The molecule has 6 heteroatoms. The van der Waals surface area contributed by atoms with E-state index in [-0.39, 0.29) is 13.0 Å². The fraction of sp³-hybridized carbons (Fsp3) is 0.800. The first-order valence-corrected chi connectivity index (χ1v) is 2.92. The number of alkyl halides is 2. The van der Waals surface area contributed by atoms with Gasteiger partial charge in [-0.25, -0.2) is 0 Å². The standard InChI is InChI=1S/C5H9F2NO3/c6-5(7)11-2-1-3(8)4(9)10/h3,5H,1-2,8H2,(H,9,10). The van der Waals surface area contributed by atoms with Crippen LogP contribution in [-0.2, 0) is 9.53 Å². The van der Waals surface area contributed by atoms with E-state index in [9.17, 15) is 13.6 Å². The first-order valence-electron chi connectivity index (χ1n) is 2.92. The van der Waals surface area contributed by atoms with E-state index in [0.717, 1.165) is 0 Å². The summed E-state index contributed by atoms with van der Waals surface area (Å²) in [5.74, 6) is -1.22. The number of carboxylic acid groups (broad SMARTS) is 1. The highest BCUT2D eigenvalue weighted by molar-refractivity contribution is 5.72. The Labute approximate surface area is 61.9 Å². The number of aliphatic carboxylic acids is 1. The molecule has 0 amide bonds. The Bertz CT molecular complexity index is 131. The van der Waals surface area contributed by atoms with Gasteiger partial charge in [-0.2, -0.15) is 8.78 Å². The predicted molar refractivity (Wildman–Crippen MR) is 32.2 cm³/mol. The zero-order valence-electron chi connectivity index (χ0n) is 5.67. The van der Waals surface area contributed by atoms with Gasteiger partial charge in [-0.15, -0.1) is 0 Å². The molecule has 0 aromatic rings. The van der Waals surface area contributed by atoms with E-state index in [1.165, 1.54) is 0 Å². The van der Waals surface area contributed by atoms with Crippen LogP contribution in [0.15, 0.2) is 0 Å². The SMILES string of the molecule is NC(CCOC(F)F)C(=O)O. The van der Waals surface area contributed by atoms with E-state index in [1.54, 1.807) is 0 Å². The highest BCUT2D eigenvalue weighted by atomic mass is 19.3. The smallest absolute Gasteiger partial charge is 0.345 e. The highest BCUT2D eigenvalue weighted by Crippen LogP contribution is 1.97. The number of hydrogen-bond donors (Lipinski definition) is 2. The van der Waals surface area contributed by atoms with Crippen LogP contribution < -0.4 is 5.73 Å². The van der Waals surface area contributed by atoms with Crippen molar-refractivity contribution in [3.8, 4) is 0 Å². The summed E-state index contributed by atoms with van der Waals surface area (Å²) in [6, 6.07) is -1.13. The molecule has 0 spiro atoms. The van der Waals surface area contributed by atoms with E-state index in [1.807, 2.05) is 0 Å². The van der Waals surface area contributed by atoms with Crippen LogP contribution >= 0.6 is 0 Å². The minimum Gasteiger partial charge on any atom is -0.480 e. The van der Waals surface area contributed by atoms with Gasteiger partial charge in [-0.05, 0) is 6.42 Å². The van der Waals surface area contributed by atoms with Crippen LogP contribution in [0.5, 0.6) is 0 Å². The average molecular weight is 169 g/mol. The first kappa shape index (κ1) is 10.2. The maximum Gasteiger partial charge on any atom is 0.345 e. The summed E-state index contributed by atoms with van der Waals surface area (Å²) in [4.78, 5) is 10.0. The van der Waals surface area contributed by atoms with Crippen LogP contribution in [-0.4, -0.2) is 30.3 Å². The number of hydrogen-bond acceptors (Lipinski definition) is 3. The summed E-state index contributed by atoms with van der Waals surface area (Å²) in [6.07, 6.45) is -0.111. The van der Waals surface area contributed by atoms with Crippen LogP contribution in [0.2, 0.25) is 0 Å². The van der Waals surface area contributed by atoms with Crippen molar-refractivity contribution in [3.05, 3.63) is 0 Å². The Kier molecular flexibility index (Phi) is 4.64. The van der Waals surface area contributed by atoms with Gasteiger partial charge in [-0.1, -0.05) is 0 Å². The number of halogens is 2. The van der Waals surface area contributed by atoms with Gasteiger partial charge in [0.2, 0.25) is 0 Å². The number of ether oxygens (including phenoxy) is 1. The molecule has 4 nitrogen and oxygen atoms in total. The fourth-order valence-electron chi connectivity index (χ4n) is 0.408. The van der Waals surface area contributed by atoms with Crippen molar-refractivity contribution in [3.63, 3.8) is 0 Å². The van der Waals surface area contributed by atoms with E-state index in [4.69, 9.17) is 10.8 Å². The van der Waals surface area contributed by atoms with Gasteiger partial charge in [-0.3, -0.25) is 4.79 Å². The maximum absolute atomic E-state index is 11.3. The lowest BCUT2D eigenvalue weighted by molar-refractivity contribution is -0.144. The third-order valence-corrected chi connectivity index (χ3v) is 0.990. The molecule has 0 heterocycles. The molecule has 0 aromatic heterocycles. The molecule has 0 aromatic carbocycles. The second-order valence-electron chi connectivity index (χ2n) is 1.86. The van der Waals surface area contributed by atoms with Gasteiger partial charge in [0.05, 0.1) is 6.61 Å². The molecular formula is C5H9F2NO3. The van der Waals surface area contributed by atoms with E-state index >= 15 is 0 Å². The average Bonchev–Trinajstić information content (AvgIpc) is 1.86. The third kappa shape index (κ3) is 5.68. The summed E-state index contributed by atoms with van der Waals surface area (Å²) in [6.45, 7) is -3.21. The summed E-state index contributed by atoms with van der Waals surface area (Å²) in [7, 11) is 0. The van der Waals surface area contributed by atoms with Crippen LogP contribution in [0.4, 0.5) is 8.78 Å². The topological polar surface area (TPSA) is 72.5 Å². The maximum atomic E-state index is 11.3. The Morgan fingerprint density at radius 3 is 2.55 bits per heavy atom. The predicted octanol–water partition coefficient (Wildman–Crippen LogP) is 0.0276. The van der Waals surface area contributed by atoms with Gasteiger partial charge in [0, 0.05) is 0 Å². The van der Waals surface area contributed by atoms with E-state index < -0.39 is 18.6 Å². The van der Waals surface area contributed by atoms with Crippen molar-refractivity contribution < 1.29 is 23.4 Å². The molecule has 0 saturated carbocycles. The molecule has 0 aliphatic carbocycles. The van der Waals surface area contributed by atoms with Crippen molar-refractivity contribution in [2.75, 3.05) is 6.61 Å². The molecule has 0 bridgehead atoms. The Balaban J connectivity index is 3.31. The summed E-state index contributed by atoms with van der Waals surface area (Å²) in [5, 5.41) is 8.18. The highest BCUT2D eigenvalue weighted by Gasteiger charge is 2.11. The number of rotatable bonds is 5. The minimum atomic E-state index is -2.86. The lowest BCUT2D eigenvalue weighted by Gasteiger charge is -2.05. The van der Waals surface area contributed by atoms with Crippen molar-refractivity contribution >= 4 is 5.97 Å². The van der Waals surface area contributed by atoms with Crippen LogP contribution in [0.25, 0.3) is 0 Å². The van der Waals surface area contributed by atoms with Gasteiger partial charge < -0.3 is 15.6 Å². The van der Waals surface area contributed by atoms with Crippen LogP contribution in [0, 0.1) is 0 Å². The number of carboxylic acids is 1. The van der Waals surface area contributed by atoms with Crippen molar-refractivity contribution in [2.45, 2.75) is 19.1 Å². The van der Waals surface area contributed by atoms with Gasteiger partial charge >= 0.3 is 12.6 Å². The Morgan fingerprint density at radius 1 is 1.64 bits per heavy atom. The molecule has 0 fully saturated rings. The number of nitrogens with two attached hydrogens (primary N) is 1. The monoisotopic (exact) mass is 169 g/mol. The molecule has 0 radical (unpaired) electrons. The van der Waals surface area contributed by atoms with Crippen molar-refractivity contribution in [2.24, 2.45) is 5.73 Å². The minimum absolute atomic E-state index is 0.111. The lowest BCUT2D eigenvalue weighted by Crippen LogP contribution is -2.31. The normalized spacial score (nSPS) is 13.5. The number of carbonyl (C=O) groups is 1.